The first-order valence-corrected chi connectivity index (χ1v) is 6.94. The van der Waals surface area contributed by atoms with Gasteiger partial charge in [0.25, 0.3) is 0 Å². The topological polar surface area (TPSA) is 43.8 Å². The minimum absolute atomic E-state index is 0.0126. The standard InChI is InChI=1S/C16H23N3/c1-4-8-19-9-7-18-16(19)11-15(17)14-6-5-12(2)10-13(14)3/h5-7,9-10,15H,4,8,11,17H2,1-3H3. The SMILES string of the molecule is CCCn1ccnc1CC(N)c1ccc(C)cc1C. The molecule has 0 aliphatic heterocycles. The molecule has 0 aliphatic rings. The summed E-state index contributed by atoms with van der Waals surface area (Å²) in [6, 6.07) is 6.47. The predicted molar refractivity (Wildman–Crippen MR) is 79.1 cm³/mol. The highest BCUT2D eigenvalue weighted by atomic mass is 15.1. The molecule has 1 unspecified atom stereocenters. The first kappa shape index (κ1) is 13.8. The average molecular weight is 257 g/mol. The number of aromatic nitrogens is 2. The largest absolute Gasteiger partial charge is 0.335 e. The van der Waals surface area contributed by atoms with Crippen molar-refractivity contribution in [1.82, 2.24) is 9.55 Å². The molecule has 1 heterocycles. The molecule has 3 heteroatoms. The van der Waals surface area contributed by atoms with E-state index in [1.165, 1.54) is 16.7 Å². The summed E-state index contributed by atoms with van der Waals surface area (Å²) in [5, 5.41) is 0. The highest BCUT2D eigenvalue weighted by Crippen LogP contribution is 2.20. The minimum Gasteiger partial charge on any atom is -0.335 e. The number of nitrogens with two attached hydrogens (primary N) is 1. The first-order valence-electron chi connectivity index (χ1n) is 6.94. The van der Waals surface area contributed by atoms with E-state index in [4.69, 9.17) is 5.73 Å². The molecule has 0 fully saturated rings. The van der Waals surface area contributed by atoms with Crippen molar-refractivity contribution in [3.63, 3.8) is 0 Å². The normalized spacial score (nSPS) is 12.6. The van der Waals surface area contributed by atoms with Gasteiger partial charge in [0.05, 0.1) is 0 Å². The van der Waals surface area contributed by atoms with Crippen molar-refractivity contribution in [2.45, 2.75) is 46.2 Å². The Bertz CT molecular complexity index is 543. The summed E-state index contributed by atoms with van der Waals surface area (Å²) < 4.78 is 2.20. The van der Waals surface area contributed by atoms with Gasteiger partial charge in [0.15, 0.2) is 0 Å². The monoisotopic (exact) mass is 257 g/mol. The Labute approximate surface area is 115 Å². The van der Waals surface area contributed by atoms with Gasteiger partial charge in [0, 0.05) is 31.4 Å². The molecule has 2 aromatic rings. The maximum atomic E-state index is 6.35. The highest BCUT2D eigenvalue weighted by Gasteiger charge is 2.13. The van der Waals surface area contributed by atoms with Gasteiger partial charge in [-0.05, 0) is 31.4 Å². The second kappa shape index (κ2) is 6.02. The fourth-order valence-electron chi connectivity index (χ4n) is 2.52. The average Bonchev–Trinajstić information content (AvgIpc) is 2.77. The molecule has 2 rings (SSSR count). The van der Waals surface area contributed by atoms with Gasteiger partial charge in [-0.15, -0.1) is 0 Å². The lowest BCUT2D eigenvalue weighted by molar-refractivity contribution is 0.597. The van der Waals surface area contributed by atoms with Crippen LogP contribution in [0.2, 0.25) is 0 Å². The van der Waals surface area contributed by atoms with Crippen molar-refractivity contribution in [3.05, 3.63) is 53.1 Å². The van der Waals surface area contributed by atoms with Crippen LogP contribution in [0.15, 0.2) is 30.6 Å². The molecule has 0 aliphatic carbocycles. The fourth-order valence-corrected chi connectivity index (χ4v) is 2.52. The van der Waals surface area contributed by atoms with E-state index in [1.807, 2.05) is 12.4 Å². The van der Waals surface area contributed by atoms with E-state index < -0.39 is 0 Å². The van der Waals surface area contributed by atoms with E-state index >= 15 is 0 Å². The molecule has 1 aromatic carbocycles. The van der Waals surface area contributed by atoms with Crippen LogP contribution in [0, 0.1) is 13.8 Å². The molecular weight excluding hydrogens is 234 g/mol. The molecule has 0 spiro atoms. The minimum atomic E-state index is 0.0126. The molecule has 3 nitrogen and oxygen atoms in total. The quantitative estimate of drug-likeness (QED) is 0.894. The zero-order chi connectivity index (χ0) is 13.8. The molecule has 0 saturated carbocycles. The van der Waals surface area contributed by atoms with Crippen LogP contribution in [0.3, 0.4) is 0 Å². The number of rotatable bonds is 5. The molecule has 1 atom stereocenters. The van der Waals surface area contributed by atoms with Crippen molar-refractivity contribution >= 4 is 0 Å². The third kappa shape index (κ3) is 3.24. The van der Waals surface area contributed by atoms with E-state index in [9.17, 15) is 0 Å². The van der Waals surface area contributed by atoms with E-state index in [1.54, 1.807) is 0 Å². The summed E-state index contributed by atoms with van der Waals surface area (Å²) in [5.74, 6) is 1.08. The highest BCUT2D eigenvalue weighted by molar-refractivity contribution is 5.33. The molecule has 0 saturated heterocycles. The summed E-state index contributed by atoms with van der Waals surface area (Å²) in [5.41, 5.74) is 10.1. The summed E-state index contributed by atoms with van der Waals surface area (Å²) in [6.45, 7) is 7.42. The second-order valence-electron chi connectivity index (χ2n) is 5.21. The van der Waals surface area contributed by atoms with Crippen molar-refractivity contribution in [2.75, 3.05) is 0 Å². The van der Waals surface area contributed by atoms with Crippen LogP contribution in [0.1, 0.15) is 41.9 Å². The van der Waals surface area contributed by atoms with Crippen LogP contribution in [0.4, 0.5) is 0 Å². The van der Waals surface area contributed by atoms with Crippen LogP contribution in [0.5, 0.6) is 0 Å². The van der Waals surface area contributed by atoms with E-state index in [2.05, 4.69) is 48.5 Å². The van der Waals surface area contributed by atoms with Gasteiger partial charge in [0.2, 0.25) is 0 Å². The van der Waals surface area contributed by atoms with Crippen LogP contribution >= 0.6 is 0 Å². The lowest BCUT2D eigenvalue weighted by Crippen LogP contribution is -2.17. The molecule has 0 bridgehead atoms. The Morgan fingerprint density at radius 3 is 2.79 bits per heavy atom. The Morgan fingerprint density at radius 1 is 1.32 bits per heavy atom. The van der Waals surface area contributed by atoms with Gasteiger partial charge in [0.1, 0.15) is 5.82 Å². The van der Waals surface area contributed by atoms with Gasteiger partial charge in [-0.25, -0.2) is 4.98 Å². The molecule has 102 valence electrons. The zero-order valence-electron chi connectivity index (χ0n) is 12.1. The third-order valence-corrected chi connectivity index (χ3v) is 3.49. The maximum absolute atomic E-state index is 6.35. The van der Waals surface area contributed by atoms with E-state index in [0.29, 0.717) is 0 Å². The van der Waals surface area contributed by atoms with Gasteiger partial charge in [-0.3, -0.25) is 0 Å². The summed E-state index contributed by atoms with van der Waals surface area (Å²) in [7, 11) is 0. The fraction of sp³-hybridized carbons (Fsp3) is 0.438. The van der Waals surface area contributed by atoms with Gasteiger partial charge < -0.3 is 10.3 Å². The molecule has 19 heavy (non-hydrogen) atoms. The molecule has 0 amide bonds. The molecule has 1 aromatic heterocycles. The summed E-state index contributed by atoms with van der Waals surface area (Å²) in [6.07, 6.45) is 5.80. The van der Waals surface area contributed by atoms with Crippen LogP contribution in [-0.4, -0.2) is 9.55 Å². The number of hydrogen-bond acceptors (Lipinski definition) is 2. The Balaban J connectivity index is 2.16. The van der Waals surface area contributed by atoms with Crippen LogP contribution in [-0.2, 0) is 13.0 Å². The predicted octanol–water partition coefficient (Wildman–Crippen LogP) is 3.15. The number of aryl methyl sites for hydroxylation is 3. The van der Waals surface area contributed by atoms with Crippen molar-refractivity contribution in [2.24, 2.45) is 5.73 Å². The summed E-state index contributed by atoms with van der Waals surface area (Å²) in [4.78, 5) is 4.43. The smallest absolute Gasteiger partial charge is 0.110 e. The number of nitrogens with zero attached hydrogens (tertiary/aromatic N) is 2. The lowest BCUT2D eigenvalue weighted by Gasteiger charge is -2.16. The van der Waals surface area contributed by atoms with Gasteiger partial charge >= 0.3 is 0 Å². The molecule has 0 radical (unpaired) electrons. The van der Waals surface area contributed by atoms with Gasteiger partial charge in [-0.1, -0.05) is 30.7 Å². The number of benzene rings is 1. The number of imidazole rings is 1. The van der Waals surface area contributed by atoms with Crippen molar-refractivity contribution < 1.29 is 0 Å². The Kier molecular flexibility index (Phi) is 4.38. The van der Waals surface area contributed by atoms with Crippen LogP contribution < -0.4 is 5.73 Å². The zero-order valence-corrected chi connectivity index (χ0v) is 12.1. The lowest BCUT2D eigenvalue weighted by atomic mass is 9.97. The van der Waals surface area contributed by atoms with E-state index in [-0.39, 0.29) is 6.04 Å². The van der Waals surface area contributed by atoms with Crippen LogP contribution in [0.25, 0.3) is 0 Å². The Morgan fingerprint density at radius 2 is 2.11 bits per heavy atom. The third-order valence-electron chi connectivity index (χ3n) is 3.49. The molecular formula is C16H23N3. The van der Waals surface area contributed by atoms with Gasteiger partial charge in [-0.2, -0.15) is 0 Å². The molecule has 2 N–H and O–H groups in total. The van der Waals surface area contributed by atoms with Crippen molar-refractivity contribution in [3.8, 4) is 0 Å². The van der Waals surface area contributed by atoms with Crippen molar-refractivity contribution in [1.29, 1.82) is 0 Å². The van der Waals surface area contributed by atoms with E-state index in [0.717, 1.165) is 25.2 Å². The first-order chi connectivity index (χ1) is 9.11. The summed E-state index contributed by atoms with van der Waals surface area (Å²) >= 11 is 0. The maximum Gasteiger partial charge on any atom is 0.110 e. The number of hydrogen-bond donors (Lipinski definition) is 1. The second-order valence-corrected chi connectivity index (χ2v) is 5.21. The Hall–Kier alpha value is -1.61.